The van der Waals surface area contributed by atoms with Crippen molar-refractivity contribution in [1.29, 1.82) is 0 Å². The van der Waals surface area contributed by atoms with Gasteiger partial charge in [0, 0.05) is 46.1 Å². The summed E-state index contributed by atoms with van der Waals surface area (Å²) in [5.74, 6) is 1.27. The van der Waals surface area contributed by atoms with Crippen molar-refractivity contribution in [1.82, 2.24) is 0 Å². The fraction of sp³-hybridized carbons (Fsp3) is 0.349. The zero-order chi connectivity index (χ0) is 37.3. The van der Waals surface area contributed by atoms with Gasteiger partial charge in [-0.3, -0.25) is 10.6 Å². The van der Waals surface area contributed by atoms with Crippen LogP contribution in [0.15, 0.2) is 103 Å². The molecule has 2 amide bonds. The zero-order valence-corrected chi connectivity index (χ0v) is 30.8. The first-order valence-electron chi connectivity index (χ1n) is 18.4. The summed E-state index contributed by atoms with van der Waals surface area (Å²) in [6, 6.07) is 32.2. The molecule has 0 spiro atoms. The molecule has 0 aromatic heterocycles. The number of carbonyl (C=O) groups excluding carboxylic acids is 2. The van der Waals surface area contributed by atoms with Gasteiger partial charge >= 0.3 is 12.2 Å². The van der Waals surface area contributed by atoms with Gasteiger partial charge in [-0.05, 0) is 50.1 Å². The number of hydrogen-bond donors (Lipinski definition) is 2. The number of hydrogen-bond acceptors (Lipinski definition) is 8. The van der Waals surface area contributed by atoms with E-state index in [1.54, 1.807) is 24.3 Å². The number of carbonyl (C=O) groups is 2. The summed E-state index contributed by atoms with van der Waals surface area (Å²) in [6.07, 6.45) is 1.22. The molecule has 280 valence electrons. The summed E-state index contributed by atoms with van der Waals surface area (Å²) in [4.78, 5) is 25.8. The maximum Gasteiger partial charge on any atom is 0.412 e. The van der Waals surface area contributed by atoms with Crippen molar-refractivity contribution in [2.45, 2.75) is 58.7 Å². The monoisotopic (exact) mass is 722 g/mol. The molecule has 0 saturated carbocycles. The van der Waals surface area contributed by atoms with Gasteiger partial charge < -0.3 is 28.4 Å². The minimum absolute atomic E-state index is 0.0586. The average molecular weight is 723 g/mol. The number of unbranched alkanes of at least 4 members (excludes halogenated alkanes) is 2. The average Bonchev–Trinajstić information content (AvgIpc) is 3.16. The van der Waals surface area contributed by atoms with Crippen LogP contribution in [0.2, 0.25) is 0 Å². The molecule has 2 N–H and O–H groups in total. The summed E-state index contributed by atoms with van der Waals surface area (Å²) in [7, 11) is 0. The lowest BCUT2D eigenvalue weighted by Crippen LogP contribution is -2.32. The molecule has 10 nitrogen and oxygen atoms in total. The molecule has 0 radical (unpaired) electrons. The molecule has 2 unspecified atom stereocenters. The van der Waals surface area contributed by atoms with Crippen molar-refractivity contribution < 1.29 is 38.0 Å². The smallest absolute Gasteiger partial charge is 0.412 e. The third-order valence-electron chi connectivity index (χ3n) is 8.39. The summed E-state index contributed by atoms with van der Waals surface area (Å²) in [5.41, 5.74) is 2.29. The first-order valence-corrected chi connectivity index (χ1v) is 18.4. The Morgan fingerprint density at radius 3 is 1.45 bits per heavy atom. The van der Waals surface area contributed by atoms with Gasteiger partial charge in [0.05, 0.1) is 13.2 Å². The highest BCUT2D eigenvalue weighted by Gasteiger charge is 2.23. The van der Waals surface area contributed by atoms with Gasteiger partial charge in [-0.1, -0.05) is 105 Å². The van der Waals surface area contributed by atoms with Crippen molar-refractivity contribution >= 4 is 45.1 Å². The van der Waals surface area contributed by atoms with Crippen LogP contribution in [0.3, 0.4) is 0 Å². The molecular weight excluding hydrogens is 672 g/mol. The Hall–Kier alpha value is -5.32. The fourth-order valence-corrected chi connectivity index (χ4v) is 5.67. The zero-order valence-electron chi connectivity index (χ0n) is 30.8. The highest BCUT2D eigenvalue weighted by atomic mass is 16.6. The Balaban J connectivity index is 1.39. The van der Waals surface area contributed by atoms with Crippen molar-refractivity contribution in [3.8, 4) is 11.5 Å². The van der Waals surface area contributed by atoms with Gasteiger partial charge in [-0.15, -0.1) is 0 Å². The molecule has 0 aliphatic heterocycles. The van der Waals surface area contributed by atoms with Gasteiger partial charge in [-0.2, -0.15) is 0 Å². The van der Waals surface area contributed by atoms with E-state index in [0.717, 1.165) is 52.8 Å². The summed E-state index contributed by atoms with van der Waals surface area (Å²) in [5, 5.41) is 8.84. The van der Waals surface area contributed by atoms with Gasteiger partial charge in [0.25, 0.3) is 0 Å². The summed E-state index contributed by atoms with van der Waals surface area (Å²) >= 11 is 0. The lowest BCUT2D eigenvalue weighted by molar-refractivity contribution is 0.00244. The third kappa shape index (κ3) is 11.8. The Morgan fingerprint density at radius 1 is 0.547 bits per heavy atom. The van der Waals surface area contributed by atoms with Crippen LogP contribution in [-0.2, 0) is 18.9 Å². The number of aryl methyl sites for hydroxylation is 1. The highest BCUT2D eigenvalue weighted by molar-refractivity contribution is 6.11. The Kier molecular flexibility index (Phi) is 15.2. The predicted molar refractivity (Wildman–Crippen MR) is 209 cm³/mol. The molecule has 0 aliphatic rings. The van der Waals surface area contributed by atoms with E-state index in [2.05, 4.69) is 30.5 Å². The minimum atomic E-state index is -0.683. The third-order valence-corrected chi connectivity index (χ3v) is 8.39. The van der Waals surface area contributed by atoms with Crippen molar-refractivity contribution in [3.63, 3.8) is 0 Å². The number of benzene rings is 5. The van der Waals surface area contributed by atoms with E-state index in [9.17, 15) is 9.59 Å². The lowest BCUT2D eigenvalue weighted by Gasteiger charge is -2.23. The van der Waals surface area contributed by atoms with Crippen LogP contribution in [0.5, 0.6) is 11.5 Å². The van der Waals surface area contributed by atoms with E-state index in [-0.39, 0.29) is 26.4 Å². The van der Waals surface area contributed by atoms with Crippen LogP contribution in [-0.4, -0.2) is 64.0 Å². The van der Waals surface area contributed by atoms with Gasteiger partial charge in [0.15, 0.2) is 12.2 Å². The van der Waals surface area contributed by atoms with Crippen molar-refractivity contribution in [3.05, 3.63) is 109 Å². The number of rotatable bonds is 20. The highest BCUT2D eigenvalue weighted by Crippen LogP contribution is 2.43. The normalized spacial score (nSPS) is 12.2. The molecule has 10 heteroatoms. The van der Waals surface area contributed by atoms with Crippen LogP contribution in [0, 0.1) is 6.92 Å². The van der Waals surface area contributed by atoms with E-state index >= 15 is 0 Å². The maximum atomic E-state index is 12.9. The van der Waals surface area contributed by atoms with E-state index in [4.69, 9.17) is 28.4 Å². The Bertz CT molecular complexity index is 1890. The number of ether oxygens (including phenoxy) is 6. The van der Waals surface area contributed by atoms with E-state index < -0.39 is 24.4 Å². The van der Waals surface area contributed by atoms with E-state index in [1.165, 1.54) is 0 Å². The molecule has 0 fully saturated rings. The van der Waals surface area contributed by atoms with Crippen LogP contribution < -0.4 is 20.1 Å². The van der Waals surface area contributed by atoms with Crippen LogP contribution in [0.25, 0.3) is 21.5 Å². The fourth-order valence-electron chi connectivity index (χ4n) is 5.67. The second-order valence-electron chi connectivity index (χ2n) is 12.8. The predicted octanol–water partition coefficient (Wildman–Crippen LogP) is 9.93. The van der Waals surface area contributed by atoms with Gasteiger partial charge in [0.2, 0.25) is 0 Å². The molecular formula is C43H50N2O8. The lowest BCUT2D eigenvalue weighted by atomic mass is 9.99. The SMILES string of the molecule is CCCCOCC(COc1c2ccccc2c(OCC(COCCCC)OC(=O)Nc2ccccc2)c2cc(C)ccc12)OC(=O)Nc1ccccc1. The number of anilines is 2. The van der Waals surface area contributed by atoms with Crippen molar-refractivity contribution in [2.24, 2.45) is 0 Å². The topological polar surface area (TPSA) is 114 Å². The summed E-state index contributed by atoms with van der Waals surface area (Å²) < 4.78 is 36.6. The first kappa shape index (κ1) is 38.9. The number of para-hydroxylation sites is 2. The largest absolute Gasteiger partial charge is 0.488 e. The minimum Gasteiger partial charge on any atom is -0.488 e. The molecule has 0 heterocycles. The first-order chi connectivity index (χ1) is 25.9. The number of nitrogens with one attached hydrogen (secondary N) is 2. The molecule has 0 bridgehead atoms. The molecule has 0 saturated heterocycles. The van der Waals surface area contributed by atoms with Crippen LogP contribution >= 0.6 is 0 Å². The van der Waals surface area contributed by atoms with Crippen LogP contribution in [0.4, 0.5) is 21.0 Å². The van der Waals surface area contributed by atoms with Gasteiger partial charge in [0.1, 0.15) is 24.7 Å². The standard InChI is InChI=1S/C43H50N2O8/c1-4-6-24-48-27-34(52-42(46)44-32-16-10-8-11-17-32)29-50-40-36-20-14-15-21-37(36)41(39-26-31(3)22-23-38(39)40)51-30-35(28-49-25-7-5-2)53-43(47)45-33-18-12-9-13-19-33/h8-23,26,34-35H,4-7,24-25,27-30H2,1-3H3,(H,44,46)(H,45,47). The molecule has 5 aromatic carbocycles. The van der Waals surface area contributed by atoms with E-state index in [1.807, 2.05) is 79.7 Å². The number of fused-ring (bicyclic) bond motifs is 2. The molecule has 2 atom stereocenters. The molecule has 5 aromatic rings. The van der Waals surface area contributed by atoms with Gasteiger partial charge in [-0.25, -0.2) is 9.59 Å². The molecule has 53 heavy (non-hydrogen) atoms. The van der Waals surface area contributed by atoms with Crippen molar-refractivity contribution in [2.75, 3.05) is 50.3 Å². The van der Waals surface area contributed by atoms with Crippen LogP contribution in [0.1, 0.15) is 45.1 Å². The second kappa shape index (κ2) is 20.7. The molecule has 5 rings (SSSR count). The van der Waals surface area contributed by atoms with E-state index in [0.29, 0.717) is 36.1 Å². The quantitative estimate of drug-likeness (QED) is 0.0603. The Morgan fingerprint density at radius 2 is 0.981 bits per heavy atom. The Labute approximate surface area is 311 Å². The summed E-state index contributed by atoms with van der Waals surface area (Å²) in [6.45, 7) is 7.78. The second-order valence-corrected chi connectivity index (χ2v) is 12.8. The molecule has 0 aliphatic carbocycles. The maximum absolute atomic E-state index is 12.9. The number of amides is 2.